The average Bonchev–Trinajstić information content (AvgIpc) is 3.20. The molecule has 8 nitrogen and oxygen atoms in total. The molecule has 4 rings (SSSR count). The van der Waals surface area contributed by atoms with Crippen molar-refractivity contribution in [3.05, 3.63) is 67.0 Å². The van der Waals surface area contributed by atoms with Gasteiger partial charge in [0.25, 0.3) is 16.8 Å². The van der Waals surface area contributed by atoms with Crippen molar-refractivity contribution in [3.63, 3.8) is 0 Å². The largest absolute Gasteiger partial charge is 0.454 e. The van der Waals surface area contributed by atoms with Gasteiger partial charge in [0.2, 0.25) is 6.79 Å². The highest BCUT2D eigenvalue weighted by Gasteiger charge is 2.36. The lowest BCUT2D eigenvalue weighted by molar-refractivity contribution is -0.385. The van der Waals surface area contributed by atoms with E-state index in [4.69, 9.17) is 9.47 Å². The summed E-state index contributed by atoms with van der Waals surface area (Å²) in [5.74, 6) is 0.124. The van der Waals surface area contributed by atoms with Crippen LogP contribution in [0.1, 0.15) is 11.1 Å². The van der Waals surface area contributed by atoms with Crippen LogP contribution < -0.4 is 9.47 Å². The van der Waals surface area contributed by atoms with Crippen molar-refractivity contribution >= 4 is 50.6 Å². The van der Waals surface area contributed by atoms with Crippen molar-refractivity contribution in [2.75, 3.05) is 6.79 Å². The first-order valence-electron chi connectivity index (χ1n) is 8.00. The molecule has 2 heterocycles. The molecule has 0 unspecified atom stereocenters. The van der Waals surface area contributed by atoms with Gasteiger partial charge in [-0.3, -0.25) is 24.6 Å². The van der Waals surface area contributed by atoms with Crippen LogP contribution in [0.3, 0.4) is 0 Å². The molecule has 28 heavy (non-hydrogen) atoms. The Kier molecular flexibility index (Phi) is 4.82. The molecule has 0 N–H and O–H groups in total. The summed E-state index contributed by atoms with van der Waals surface area (Å²) in [7, 11) is 0. The molecule has 1 saturated heterocycles. The van der Waals surface area contributed by atoms with Crippen molar-refractivity contribution in [1.29, 1.82) is 0 Å². The Balaban J connectivity index is 1.65. The van der Waals surface area contributed by atoms with Crippen molar-refractivity contribution in [1.82, 2.24) is 4.90 Å². The standard InChI is InChI=1S/C18H11BrN2O6S/c19-12-3-1-2-10(4-12)8-20-17(22)16(28-18(20)23)6-11-5-14-15(27-9-26-14)7-13(11)21(24)25/h1-7H,8-9H2/b16-6-. The number of imide groups is 1. The van der Waals surface area contributed by atoms with E-state index in [1.165, 1.54) is 18.2 Å². The van der Waals surface area contributed by atoms with Gasteiger partial charge in [0.15, 0.2) is 11.5 Å². The molecule has 1 fully saturated rings. The number of nitrogens with zero attached hydrogens (tertiary/aromatic N) is 2. The highest BCUT2D eigenvalue weighted by molar-refractivity contribution is 9.10. The number of ether oxygens (including phenoxy) is 2. The first-order chi connectivity index (χ1) is 13.4. The van der Waals surface area contributed by atoms with E-state index in [2.05, 4.69) is 15.9 Å². The number of nitro groups is 1. The van der Waals surface area contributed by atoms with Gasteiger partial charge in [-0.15, -0.1) is 0 Å². The summed E-state index contributed by atoms with van der Waals surface area (Å²) in [5.41, 5.74) is 0.720. The predicted octanol–water partition coefficient (Wildman–Crippen LogP) is 4.32. The number of fused-ring (bicyclic) bond motifs is 1. The third kappa shape index (κ3) is 3.48. The predicted molar refractivity (Wildman–Crippen MR) is 105 cm³/mol. The molecule has 0 atom stereocenters. The van der Waals surface area contributed by atoms with E-state index in [1.54, 1.807) is 6.07 Å². The minimum absolute atomic E-state index is 0.0287. The Labute approximate surface area is 171 Å². The van der Waals surface area contributed by atoms with E-state index in [0.29, 0.717) is 5.75 Å². The van der Waals surface area contributed by atoms with Gasteiger partial charge in [-0.1, -0.05) is 28.1 Å². The molecule has 0 radical (unpaired) electrons. The zero-order chi connectivity index (χ0) is 19.8. The number of carbonyl (C=O) groups excluding carboxylic acids is 2. The lowest BCUT2D eigenvalue weighted by Gasteiger charge is -2.12. The Morgan fingerprint density at radius 2 is 1.96 bits per heavy atom. The first-order valence-corrected chi connectivity index (χ1v) is 9.61. The van der Waals surface area contributed by atoms with Crippen LogP contribution in [0.2, 0.25) is 0 Å². The van der Waals surface area contributed by atoms with E-state index >= 15 is 0 Å². The van der Waals surface area contributed by atoms with Crippen molar-refractivity contribution in [2.45, 2.75) is 6.54 Å². The highest BCUT2D eigenvalue weighted by Crippen LogP contribution is 2.41. The van der Waals surface area contributed by atoms with Crippen LogP contribution in [0.15, 0.2) is 45.8 Å². The van der Waals surface area contributed by atoms with E-state index in [-0.39, 0.29) is 35.2 Å². The van der Waals surface area contributed by atoms with E-state index in [0.717, 1.165) is 26.7 Å². The average molecular weight is 463 g/mol. The summed E-state index contributed by atoms with van der Waals surface area (Å²) in [6, 6.07) is 9.96. The second-order valence-electron chi connectivity index (χ2n) is 5.92. The number of benzene rings is 2. The first kappa shape index (κ1) is 18.5. The van der Waals surface area contributed by atoms with Crippen LogP contribution in [0.25, 0.3) is 6.08 Å². The summed E-state index contributed by atoms with van der Waals surface area (Å²) in [4.78, 5) is 37.1. The molecule has 2 aromatic carbocycles. The fourth-order valence-electron chi connectivity index (χ4n) is 2.82. The molecule has 2 amide bonds. The minimum atomic E-state index is -0.570. The fourth-order valence-corrected chi connectivity index (χ4v) is 4.09. The molecule has 0 aliphatic carbocycles. The normalized spacial score (nSPS) is 16.9. The van der Waals surface area contributed by atoms with Crippen LogP contribution >= 0.6 is 27.7 Å². The van der Waals surface area contributed by atoms with Gasteiger partial charge in [0.05, 0.1) is 28.0 Å². The number of halogens is 1. The van der Waals surface area contributed by atoms with E-state index in [1.807, 2.05) is 18.2 Å². The van der Waals surface area contributed by atoms with Crippen LogP contribution in [-0.2, 0) is 11.3 Å². The zero-order valence-electron chi connectivity index (χ0n) is 14.1. The van der Waals surface area contributed by atoms with Gasteiger partial charge in [-0.2, -0.15) is 0 Å². The molecule has 142 valence electrons. The van der Waals surface area contributed by atoms with Gasteiger partial charge >= 0.3 is 0 Å². The molecule has 2 aliphatic heterocycles. The molecule has 0 aromatic heterocycles. The van der Waals surface area contributed by atoms with Crippen molar-refractivity contribution in [2.24, 2.45) is 0 Å². The maximum absolute atomic E-state index is 12.7. The van der Waals surface area contributed by atoms with Gasteiger partial charge < -0.3 is 9.47 Å². The molecular formula is C18H11BrN2O6S. The van der Waals surface area contributed by atoms with Crippen LogP contribution in [-0.4, -0.2) is 27.8 Å². The Morgan fingerprint density at radius 3 is 2.68 bits per heavy atom. The molecule has 0 saturated carbocycles. The quantitative estimate of drug-likeness (QED) is 0.378. The van der Waals surface area contributed by atoms with Crippen LogP contribution in [0, 0.1) is 10.1 Å². The third-order valence-corrected chi connectivity index (χ3v) is 5.51. The van der Waals surface area contributed by atoms with Gasteiger partial charge in [-0.05, 0) is 41.6 Å². The minimum Gasteiger partial charge on any atom is -0.454 e. The maximum atomic E-state index is 12.7. The number of nitro benzene ring substituents is 1. The highest BCUT2D eigenvalue weighted by atomic mass is 79.9. The molecule has 2 aliphatic rings. The smallest absolute Gasteiger partial charge is 0.293 e. The number of hydrogen-bond donors (Lipinski definition) is 0. The summed E-state index contributed by atoms with van der Waals surface area (Å²) in [5, 5.41) is 11.0. The fraction of sp³-hybridized carbons (Fsp3) is 0.111. The number of thioether (sulfide) groups is 1. The number of rotatable bonds is 4. The third-order valence-electron chi connectivity index (χ3n) is 4.11. The Hall–Kier alpha value is -2.85. The summed E-state index contributed by atoms with van der Waals surface area (Å²) in [6.07, 6.45) is 1.34. The summed E-state index contributed by atoms with van der Waals surface area (Å²) < 4.78 is 11.2. The second-order valence-corrected chi connectivity index (χ2v) is 7.83. The Bertz CT molecular complexity index is 1050. The second kappa shape index (κ2) is 7.28. The SMILES string of the molecule is O=C1S/C(=C\c2cc3c(cc2[N+](=O)[O-])OCO3)C(=O)N1Cc1cccc(Br)c1. The van der Waals surface area contributed by atoms with Crippen molar-refractivity contribution < 1.29 is 24.0 Å². The topological polar surface area (TPSA) is 99.0 Å². The van der Waals surface area contributed by atoms with Crippen LogP contribution in [0.4, 0.5) is 10.5 Å². The lowest BCUT2D eigenvalue weighted by Crippen LogP contribution is -2.27. The molecule has 2 aromatic rings. The Morgan fingerprint density at radius 1 is 1.21 bits per heavy atom. The number of carbonyl (C=O) groups is 2. The number of hydrogen-bond acceptors (Lipinski definition) is 7. The van der Waals surface area contributed by atoms with E-state index < -0.39 is 16.1 Å². The van der Waals surface area contributed by atoms with E-state index in [9.17, 15) is 19.7 Å². The molecular weight excluding hydrogens is 452 g/mol. The summed E-state index contributed by atoms with van der Waals surface area (Å²) >= 11 is 4.10. The lowest BCUT2D eigenvalue weighted by atomic mass is 10.1. The van der Waals surface area contributed by atoms with Gasteiger partial charge in [0.1, 0.15) is 0 Å². The summed E-state index contributed by atoms with van der Waals surface area (Å²) in [6.45, 7) is 0.0871. The van der Waals surface area contributed by atoms with Gasteiger partial charge in [-0.25, -0.2) is 0 Å². The number of amides is 2. The van der Waals surface area contributed by atoms with Crippen molar-refractivity contribution in [3.8, 4) is 11.5 Å². The maximum Gasteiger partial charge on any atom is 0.293 e. The van der Waals surface area contributed by atoms with Crippen LogP contribution in [0.5, 0.6) is 11.5 Å². The molecule has 10 heteroatoms. The molecule has 0 bridgehead atoms. The monoisotopic (exact) mass is 462 g/mol. The van der Waals surface area contributed by atoms with Gasteiger partial charge in [0, 0.05) is 4.47 Å². The zero-order valence-corrected chi connectivity index (χ0v) is 16.5. The molecule has 0 spiro atoms.